The summed E-state index contributed by atoms with van der Waals surface area (Å²) in [5, 5.41) is 12.3. The van der Waals surface area contributed by atoms with Crippen LogP contribution < -0.4 is 10.1 Å². The third-order valence-electron chi connectivity index (χ3n) is 9.50. The second kappa shape index (κ2) is 17.8. The zero-order chi connectivity index (χ0) is 41.6. The molecule has 0 aliphatic carbocycles. The second-order valence-corrected chi connectivity index (χ2v) is 18.2. The van der Waals surface area contributed by atoms with Crippen LogP contribution in [0.3, 0.4) is 0 Å². The van der Waals surface area contributed by atoms with Crippen molar-refractivity contribution < 1.29 is 28.5 Å². The lowest BCUT2D eigenvalue weighted by molar-refractivity contribution is -0.106. The molecule has 1 saturated heterocycles. The van der Waals surface area contributed by atoms with E-state index >= 15 is 0 Å². The zero-order valence-electron chi connectivity index (χ0n) is 35.8. The SMILES string of the molecule is CCc1cc(OC(=O)N2CCN(CCC(C)(COC(C)(C)C)COC(C)(C)C)CC2)ccc1Nc1cc(-c2ccc(-n3cccn3)cc2)n(C(=O)OC(C)(C)C)n1. The van der Waals surface area contributed by atoms with Crippen molar-refractivity contribution in [3.05, 3.63) is 72.6 Å². The molecule has 2 aromatic carbocycles. The summed E-state index contributed by atoms with van der Waals surface area (Å²) >= 11 is 0. The number of rotatable bonds is 13. The lowest BCUT2D eigenvalue weighted by Crippen LogP contribution is -2.50. The number of amides is 1. The molecule has 2 aromatic heterocycles. The number of ether oxygens (including phenoxy) is 4. The number of aryl methyl sites for hydroxylation is 1. The first-order valence-corrected chi connectivity index (χ1v) is 20.0. The van der Waals surface area contributed by atoms with Gasteiger partial charge in [0.2, 0.25) is 0 Å². The van der Waals surface area contributed by atoms with E-state index in [1.165, 1.54) is 4.68 Å². The Labute approximate surface area is 338 Å². The van der Waals surface area contributed by atoms with Gasteiger partial charge in [-0.05, 0) is 124 Å². The molecule has 4 aromatic rings. The fraction of sp³-hybridized carbons (Fsp3) is 0.545. The van der Waals surface area contributed by atoms with Gasteiger partial charge in [0, 0.05) is 61.3 Å². The highest BCUT2D eigenvalue weighted by molar-refractivity contribution is 5.80. The molecule has 1 aliphatic rings. The predicted octanol–water partition coefficient (Wildman–Crippen LogP) is 8.97. The molecule has 0 atom stereocenters. The van der Waals surface area contributed by atoms with E-state index in [0.717, 1.165) is 48.6 Å². The molecule has 13 heteroatoms. The smallest absolute Gasteiger partial charge is 0.435 e. The summed E-state index contributed by atoms with van der Waals surface area (Å²) in [5.41, 5.74) is 2.66. The van der Waals surface area contributed by atoms with E-state index in [1.54, 1.807) is 21.8 Å². The summed E-state index contributed by atoms with van der Waals surface area (Å²) in [6, 6.07) is 16.9. The van der Waals surface area contributed by atoms with E-state index in [9.17, 15) is 9.59 Å². The van der Waals surface area contributed by atoms with Gasteiger partial charge in [0.05, 0.1) is 35.8 Å². The van der Waals surface area contributed by atoms with Crippen LogP contribution in [0.2, 0.25) is 0 Å². The van der Waals surface area contributed by atoms with Gasteiger partial charge in [0.15, 0.2) is 5.82 Å². The van der Waals surface area contributed by atoms with Crippen LogP contribution in [-0.4, -0.2) is 104 Å². The van der Waals surface area contributed by atoms with Crippen molar-refractivity contribution >= 4 is 23.7 Å². The summed E-state index contributed by atoms with van der Waals surface area (Å²) in [5.74, 6) is 0.934. The van der Waals surface area contributed by atoms with Crippen molar-refractivity contribution in [2.45, 2.75) is 106 Å². The number of piperazine rings is 1. The van der Waals surface area contributed by atoms with Crippen molar-refractivity contribution in [3.8, 4) is 22.7 Å². The Morgan fingerprint density at radius 2 is 1.44 bits per heavy atom. The third-order valence-corrected chi connectivity index (χ3v) is 9.50. The normalized spacial score (nSPS) is 14.5. The summed E-state index contributed by atoms with van der Waals surface area (Å²) in [7, 11) is 0. The number of nitrogens with one attached hydrogen (secondary N) is 1. The third kappa shape index (κ3) is 12.9. The molecular formula is C44H63N7O6. The molecular weight excluding hydrogens is 723 g/mol. The maximum absolute atomic E-state index is 13.3. The first-order valence-electron chi connectivity index (χ1n) is 20.0. The van der Waals surface area contributed by atoms with Crippen molar-refractivity contribution in [1.82, 2.24) is 29.4 Å². The molecule has 13 nitrogen and oxygen atoms in total. The van der Waals surface area contributed by atoms with Crippen molar-refractivity contribution in [2.75, 3.05) is 51.3 Å². The van der Waals surface area contributed by atoms with Crippen LogP contribution in [0.4, 0.5) is 21.1 Å². The van der Waals surface area contributed by atoms with Gasteiger partial charge in [0.25, 0.3) is 0 Å². The van der Waals surface area contributed by atoms with Gasteiger partial charge >= 0.3 is 12.2 Å². The van der Waals surface area contributed by atoms with Crippen LogP contribution in [0, 0.1) is 5.41 Å². The van der Waals surface area contributed by atoms with Gasteiger partial charge in [-0.2, -0.15) is 9.78 Å². The van der Waals surface area contributed by atoms with Gasteiger partial charge < -0.3 is 29.2 Å². The minimum atomic E-state index is -0.709. The average Bonchev–Trinajstić information content (AvgIpc) is 3.84. The largest absolute Gasteiger partial charge is 0.442 e. The highest BCUT2D eigenvalue weighted by atomic mass is 16.6. The van der Waals surface area contributed by atoms with Crippen LogP contribution in [0.25, 0.3) is 16.9 Å². The number of carbonyl (C=O) groups is 2. The van der Waals surface area contributed by atoms with Crippen LogP contribution in [-0.2, 0) is 20.6 Å². The standard InChI is InChI=1S/C44H63N7O6/c1-12-32-28-35(56-39(52)49-26-24-48(25-27-49)23-20-44(11,30-54-41(2,3)4)31-55-42(5,6)7)18-19-36(32)46-38-29-37(51(47-38)40(53)57-43(8,9)10)33-14-16-34(17-15-33)50-22-13-21-45-50/h13-19,21-22,28-29H,12,20,23-27,30-31H2,1-11H3,(H,46,47). The van der Waals surface area contributed by atoms with Crippen LogP contribution >= 0.6 is 0 Å². The number of benzene rings is 2. The Balaban J connectivity index is 1.21. The second-order valence-electron chi connectivity index (χ2n) is 18.2. The maximum Gasteiger partial charge on any atom is 0.435 e. The molecule has 0 bridgehead atoms. The number of aromatic nitrogens is 4. The minimum Gasteiger partial charge on any atom is -0.442 e. The average molecular weight is 786 g/mol. The summed E-state index contributed by atoms with van der Waals surface area (Å²) in [6.45, 7) is 27.0. The highest BCUT2D eigenvalue weighted by Gasteiger charge is 2.32. The molecule has 0 saturated carbocycles. The molecule has 3 heterocycles. The number of carbonyl (C=O) groups excluding carboxylic acids is 2. The molecule has 310 valence electrons. The molecule has 57 heavy (non-hydrogen) atoms. The van der Waals surface area contributed by atoms with E-state index in [1.807, 2.05) is 82.4 Å². The van der Waals surface area contributed by atoms with E-state index in [0.29, 0.717) is 50.0 Å². The van der Waals surface area contributed by atoms with E-state index in [-0.39, 0.29) is 22.7 Å². The Kier molecular flexibility index (Phi) is 13.6. The lowest BCUT2D eigenvalue weighted by atomic mass is 9.87. The maximum atomic E-state index is 13.3. The first-order chi connectivity index (χ1) is 26.7. The van der Waals surface area contributed by atoms with E-state index < -0.39 is 11.7 Å². The predicted molar refractivity (Wildman–Crippen MR) is 224 cm³/mol. The van der Waals surface area contributed by atoms with Gasteiger partial charge in [-0.1, -0.05) is 26.0 Å². The Morgan fingerprint density at radius 1 is 0.789 bits per heavy atom. The van der Waals surface area contributed by atoms with Crippen molar-refractivity contribution in [1.29, 1.82) is 0 Å². The monoisotopic (exact) mass is 785 g/mol. The number of hydrogen-bond donors (Lipinski definition) is 1. The number of nitrogens with zero attached hydrogens (tertiary/aromatic N) is 6. The fourth-order valence-corrected chi connectivity index (χ4v) is 6.20. The molecule has 5 rings (SSSR count). The highest BCUT2D eigenvalue weighted by Crippen LogP contribution is 2.31. The molecule has 1 amide bonds. The van der Waals surface area contributed by atoms with Crippen molar-refractivity contribution in [2.24, 2.45) is 5.41 Å². The summed E-state index contributed by atoms with van der Waals surface area (Å²) < 4.78 is 27.1. The lowest BCUT2D eigenvalue weighted by Gasteiger charge is -2.38. The zero-order valence-corrected chi connectivity index (χ0v) is 35.8. The van der Waals surface area contributed by atoms with Crippen LogP contribution in [0.1, 0.15) is 88.1 Å². The molecule has 1 fully saturated rings. The fourth-order valence-electron chi connectivity index (χ4n) is 6.20. The summed E-state index contributed by atoms with van der Waals surface area (Å²) in [6.07, 6.45) is 4.23. The Bertz CT molecular complexity index is 1910. The van der Waals surface area contributed by atoms with Gasteiger partial charge in [-0.25, -0.2) is 14.3 Å². The molecule has 0 radical (unpaired) electrons. The Morgan fingerprint density at radius 3 is 2.00 bits per heavy atom. The van der Waals surface area contributed by atoms with E-state index in [4.69, 9.17) is 18.9 Å². The molecule has 1 aliphatic heterocycles. The van der Waals surface area contributed by atoms with Crippen LogP contribution in [0.5, 0.6) is 5.75 Å². The Hall–Kier alpha value is -4.72. The first kappa shape index (κ1) is 43.4. The van der Waals surface area contributed by atoms with Gasteiger partial charge in [-0.15, -0.1) is 5.10 Å². The number of anilines is 2. The summed E-state index contributed by atoms with van der Waals surface area (Å²) in [4.78, 5) is 30.8. The van der Waals surface area contributed by atoms with E-state index in [2.05, 4.69) is 68.9 Å². The van der Waals surface area contributed by atoms with Crippen LogP contribution in [0.15, 0.2) is 67.0 Å². The molecule has 1 N–H and O–H groups in total. The molecule has 0 unspecified atom stereocenters. The van der Waals surface area contributed by atoms with Gasteiger partial charge in [0.1, 0.15) is 11.4 Å². The molecule has 0 spiro atoms. The quantitative estimate of drug-likeness (QED) is 0.140. The number of hydrogen-bond acceptors (Lipinski definition) is 10. The minimum absolute atomic E-state index is 0.136. The van der Waals surface area contributed by atoms with Gasteiger partial charge in [-0.3, -0.25) is 4.90 Å². The van der Waals surface area contributed by atoms with Crippen molar-refractivity contribution in [3.63, 3.8) is 0 Å². The topological polar surface area (TPSA) is 125 Å².